The summed E-state index contributed by atoms with van der Waals surface area (Å²) < 4.78 is 7.89. The van der Waals surface area contributed by atoms with E-state index < -0.39 is 0 Å². The van der Waals surface area contributed by atoms with Crippen LogP contribution in [-0.2, 0) is 16.1 Å². The minimum Gasteiger partial charge on any atom is -0.465 e. The van der Waals surface area contributed by atoms with Gasteiger partial charge in [-0.15, -0.1) is 11.8 Å². The van der Waals surface area contributed by atoms with E-state index in [-0.39, 0.29) is 18.4 Å². The highest BCUT2D eigenvalue weighted by atomic mass is 32.2. The van der Waals surface area contributed by atoms with Crippen molar-refractivity contribution in [1.82, 2.24) is 4.57 Å². The highest BCUT2D eigenvalue weighted by molar-refractivity contribution is 7.99. The molecule has 0 fully saturated rings. The number of aromatic nitrogens is 1. The summed E-state index contributed by atoms with van der Waals surface area (Å²) in [5.74, 6) is -0.289. The SMILES string of the molecule is CCOC(=O)Cn1c(=NC(=O)c2ccc(SC(C)C)cc2)sc2cc(C(C)C)ccc21. The molecule has 0 saturated carbocycles. The molecule has 0 spiro atoms. The van der Waals surface area contributed by atoms with Crippen molar-refractivity contribution in [3.05, 3.63) is 58.4 Å². The standard InChI is InChI=1S/C24H28N2O3S2/c1-6-29-22(27)14-26-20-12-9-18(15(2)3)13-21(20)31-24(26)25-23(28)17-7-10-19(11-8-17)30-16(4)5/h7-13,15-16H,6,14H2,1-5H3. The van der Waals surface area contributed by atoms with Crippen LogP contribution in [0.4, 0.5) is 0 Å². The Kier molecular flexibility index (Phi) is 7.73. The van der Waals surface area contributed by atoms with E-state index in [1.54, 1.807) is 35.4 Å². The first kappa shape index (κ1) is 23.3. The van der Waals surface area contributed by atoms with Gasteiger partial charge in [-0.05, 0) is 54.8 Å². The van der Waals surface area contributed by atoms with Gasteiger partial charge in [0.15, 0.2) is 4.80 Å². The van der Waals surface area contributed by atoms with Gasteiger partial charge in [-0.2, -0.15) is 4.99 Å². The first-order valence-electron chi connectivity index (χ1n) is 10.4. The molecular formula is C24H28N2O3S2. The van der Waals surface area contributed by atoms with Crippen LogP contribution in [0.2, 0.25) is 0 Å². The Morgan fingerprint density at radius 2 is 1.81 bits per heavy atom. The van der Waals surface area contributed by atoms with Crippen LogP contribution in [0.3, 0.4) is 0 Å². The quantitative estimate of drug-likeness (QED) is 0.341. The monoisotopic (exact) mass is 456 g/mol. The topological polar surface area (TPSA) is 60.7 Å². The number of hydrogen-bond acceptors (Lipinski definition) is 5. The first-order valence-corrected chi connectivity index (χ1v) is 12.1. The van der Waals surface area contributed by atoms with E-state index >= 15 is 0 Å². The fourth-order valence-corrected chi connectivity index (χ4v) is 5.04. The zero-order valence-electron chi connectivity index (χ0n) is 18.5. The molecule has 0 atom stereocenters. The molecule has 0 aliphatic rings. The van der Waals surface area contributed by atoms with Crippen molar-refractivity contribution >= 4 is 45.2 Å². The van der Waals surface area contributed by atoms with Crippen molar-refractivity contribution in [2.75, 3.05) is 6.61 Å². The van der Waals surface area contributed by atoms with Crippen LogP contribution in [-0.4, -0.2) is 28.3 Å². The van der Waals surface area contributed by atoms with E-state index in [4.69, 9.17) is 4.74 Å². The van der Waals surface area contributed by atoms with E-state index in [0.29, 0.717) is 28.1 Å². The number of nitrogens with zero attached hydrogens (tertiary/aromatic N) is 2. The predicted octanol–water partition coefficient (Wildman–Crippen LogP) is 5.63. The zero-order valence-corrected chi connectivity index (χ0v) is 20.2. The maximum atomic E-state index is 12.9. The molecule has 3 aromatic rings. The summed E-state index contributed by atoms with van der Waals surface area (Å²) in [5, 5.41) is 0.474. The average molecular weight is 457 g/mol. The number of fused-ring (bicyclic) bond motifs is 1. The van der Waals surface area contributed by atoms with Gasteiger partial charge >= 0.3 is 5.97 Å². The Hall–Kier alpha value is -2.38. The molecule has 1 heterocycles. The lowest BCUT2D eigenvalue weighted by Gasteiger charge is -2.07. The summed E-state index contributed by atoms with van der Waals surface area (Å²) >= 11 is 3.16. The van der Waals surface area contributed by atoms with Gasteiger partial charge in [0.25, 0.3) is 5.91 Å². The molecule has 0 aliphatic carbocycles. The summed E-state index contributed by atoms with van der Waals surface area (Å²) in [7, 11) is 0. The fourth-order valence-electron chi connectivity index (χ4n) is 3.12. The van der Waals surface area contributed by atoms with Crippen molar-refractivity contribution in [3.63, 3.8) is 0 Å². The minimum absolute atomic E-state index is 0.0188. The number of thiazole rings is 1. The molecule has 0 bridgehead atoms. The Morgan fingerprint density at radius 1 is 1.10 bits per heavy atom. The largest absolute Gasteiger partial charge is 0.465 e. The minimum atomic E-state index is -0.348. The third-order valence-electron chi connectivity index (χ3n) is 4.64. The molecule has 7 heteroatoms. The van der Waals surface area contributed by atoms with E-state index in [0.717, 1.165) is 15.1 Å². The number of ether oxygens (including phenoxy) is 1. The highest BCUT2D eigenvalue weighted by Gasteiger charge is 2.14. The molecule has 0 radical (unpaired) electrons. The Morgan fingerprint density at radius 3 is 2.42 bits per heavy atom. The summed E-state index contributed by atoms with van der Waals surface area (Å²) in [6.07, 6.45) is 0. The lowest BCUT2D eigenvalue weighted by Crippen LogP contribution is -2.23. The van der Waals surface area contributed by atoms with Crippen molar-refractivity contribution < 1.29 is 14.3 Å². The number of thioether (sulfide) groups is 1. The molecule has 5 nitrogen and oxygen atoms in total. The third kappa shape index (κ3) is 5.86. The van der Waals surface area contributed by atoms with Crippen LogP contribution in [0.1, 0.15) is 56.5 Å². The first-order chi connectivity index (χ1) is 14.8. The van der Waals surface area contributed by atoms with Gasteiger partial charge in [0, 0.05) is 15.7 Å². The molecule has 3 rings (SSSR count). The van der Waals surface area contributed by atoms with E-state index in [1.165, 1.54) is 16.9 Å². The number of carbonyl (C=O) groups is 2. The van der Waals surface area contributed by atoms with Gasteiger partial charge in [0.1, 0.15) is 6.54 Å². The third-order valence-corrected chi connectivity index (χ3v) is 6.69. The lowest BCUT2D eigenvalue weighted by atomic mass is 10.0. The molecular weight excluding hydrogens is 428 g/mol. The second-order valence-corrected chi connectivity index (χ2v) is 10.4. The summed E-state index contributed by atoms with van der Waals surface area (Å²) in [4.78, 5) is 31.0. The van der Waals surface area contributed by atoms with Crippen molar-refractivity contribution in [2.24, 2.45) is 4.99 Å². The van der Waals surface area contributed by atoms with Crippen molar-refractivity contribution in [3.8, 4) is 0 Å². The summed E-state index contributed by atoms with van der Waals surface area (Å²) in [6.45, 7) is 10.6. The predicted molar refractivity (Wildman–Crippen MR) is 128 cm³/mol. The fraction of sp³-hybridized carbons (Fsp3) is 0.375. The van der Waals surface area contributed by atoms with E-state index in [2.05, 4.69) is 44.8 Å². The summed E-state index contributed by atoms with van der Waals surface area (Å²) in [5.41, 5.74) is 2.60. The van der Waals surface area contributed by atoms with Crippen LogP contribution in [0.25, 0.3) is 10.2 Å². The number of hydrogen-bond donors (Lipinski definition) is 0. The zero-order chi connectivity index (χ0) is 22.5. The molecule has 0 saturated heterocycles. The Balaban J connectivity index is 2.02. The second kappa shape index (κ2) is 10.3. The number of carbonyl (C=O) groups excluding carboxylic acids is 2. The Bertz CT molecular complexity index is 1140. The van der Waals surface area contributed by atoms with Crippen LogP contribution < -0.4 is 4.80 Å². The molecule has 164 valence electrons. The van der Waals surface area contributed by atoms with E-state index in [1.807, 2.05) is 18.2 Å². The molecule has 0 N–H and O–H groups in total. The van der Waals surface area contributed by atoms with Gasteiger partial charge in [0.05, 0.1) is 16.8 Å². The van der Waals surface area contributed by atoms with Crippen molar-refractivity contribution in [1.29, 1.82) is 0 Å². The molecule has 1 aromatic heterocycles. The van der Waals surface area contributed by atoms with Crippen LogP contribution >= 0.6 is 23.1 Å². The van der Waals surface area contributed by atoms with Gasteiger partial charge in [-0.3, -0.25) is 9.59 Å². The molecule has 0 aliphatic heterocycles. The van der Waals surface area contributed by atoms with Gasteiger partial charge < -0.3 is 9.30 Å². The number of amides is 1. The maximum absolute atomic E-state index is 12.9. The number of rotatable bonds is 7. The van der Waals surface area contributed by atoms with E-state index in [9.17, 15) is 9.59 Å². The molecule has 31 heavy (non-hydrogen) atoms. The molecule has 2 aromatic carbocycles. The summed E-state index contributed by atoms with van der Waals surface area (Å²) in [6, 6.07) is 13.6. The van der Waals surface area contributed by atoms with Crippen LogP contribution in [0, 0.1) is 0 Å². The molecule has 0 unspecified atom stereocenters. The van der Waals surface area contributed by atoms with Crippen molar-refractivity contribution in [2.45, 2.75) is 57.2 Å². The van der Waals surface area contributed by atoms with Gasteiger partial charge in [0.2, 0.25) is 0 Å². The van der Waals surface area contributed by atoms with Crippen LogP contribution in [0.15, 0.2) is 52.4 Å². The lowest BCUT2D eigenvalue weighted by molar-refractivity contribution is -0.143. The Labute approximate surface area is 191 Å². The number of benzene rings is 2. The average Bonchev–Trinajstić information content (AvgIpc) is 3.04. The van der Waals surface area contributed by atoms with Gasteiger partial charge in [-0.1, -0.05) is 45.1 Å². The smallest absolute Gasteiger partial charge is 0.326 e. The van der Waals surface area contributed by atoms with Gasteiger partial charge in [-0.25, -0.2) is 0 Å². The second-order valence-electron chi connectivity index (χ2n) is 7.77. The normalized spacial score (nSPS) is 12.2. The van der Waals surface area contributed by atoms with Crippen LogP contribution in [0.5, 0.6) is 0 Å². The molecule has 1 amide bonds. The maximum Gasteiger partial charge on any atom is 0.326 e. The highest BCUT2D eigenvalue weighted by Crippen LogP contribution is 2.25. The number of esters is 1.